The maximum atomic E-state index is 11.8. The van der Waals surface area contributed by atoms with Crippen molar-refractivity contribution in [2.24, 2.45) is 0 Å². The fourth-order valence-electron chi connectivity index (χ4n) is 4.63. The van der Waals surface area contributed by atoms with E-state index < -0.39 is 12.2 Å². The minimum Gasteiger partial charge on any atom is -0.447 e. The first-order valence-electron chi connectivity index (χ1n) is 15.1. The average Bonchev–Trinajstić information content (AvgIpc) is 2.89. The third-order valence-electron chi connectivity index (χ3n) is 6.94. The van der Waals surface area contributed by atoms with Crippen LogP contribution in [0.3, 0.4) is 0 Å². The lowest BCUT2D eigenvalue weighted by atomic mass is 10.0. The molecule has 1 aromatic rings. The number of hydrogen-bond acceptors (Lipinski definition) is 6. The van der Waals surface area contributed by atoms with Crippen LogP contribution in [0, 0.1) is 0 Å². The normalized spacial score (nSPS) is 16.4. The van der Waals surface area contributed by atoms with Gasteiger partial charge in [-0.3, -0.25) is 0 Å². The Labute approximate surface area is 230 Å². The summed E-state index contributed by atoms with van der Waals surface area (Å²) < 4.78 is 20.9. The van der Waals surface area contributed by atoms with E-state index in [0.29, 0.717) is 18.7 Å². The monoisotopic (exact) mass is 533 g/mol. The molecule has 0 spiro atoms. The number of nitrogens with one attached hydrogen (secondary N) is 1. The highest BCUT2D eigenvalue weighted by Gasteiger charge is 2.32. The van der Waals surface area contributed by atoms with Crippen molar-refractivity contribution in [2.75, 3.05) is 19.8 Å². The molecule has 1 amide bonds. The van der Waals surface area contributed by atoms with Crippen LogP contribution in [-0.4, -0.2) is 44.2 Å². The van der Waals surface area contributed by atoms with E-state index in [2.05, 4.69) is 12.2 Å². The first-order valence-corrected chi connectivity index (χ1v) is 15.1. The summed E-state index contributed by atoms with van der Waals surface area (Å²) in [5.74, 6) is 0.434. The molecule has 38 heavy (non-hydrogen) atoms. The van der Waals surface area contributed by atoms with Gasteiger partial charge in [-0.05, 0) is 18.6 Å². The molecule has 1 fully saturated rings. The summed E-state index contributed by atoms with van der Waals surface area (Å²) in [6.45, 7) is 3.24. The van der Waals surface area contributed by atoms with Crippen LogP contribution < -0.4 is 10.1 Å². The van der Waals surface area contributed by atoms with Crippen molar-refractivity contribution >= 4 is 12.2 Å². The summed E-state index contributed by atoms with van der Waals surface area (Å²) in [7, 11) is 0. The van der Waals surface area contributed by atoms with Gasteiger partial charge in [-0.1, -0.05) is 121 Å². The van der Waals surface area contributed by atoms with E-state index in [4.69, 9.17) is 18.9 Å². The number of carbonyl (C=O) groups is 2. The molecule has 0 unspecified atom stereocenters. The molecule has 216 valence electrons. The second-order valence-corrected chi connectivity index (χ2v) is 10.4. The Hall–Kier alpha value is -2.28. The summed E-state index contributed by atoms with van der Waals surface area (Å²) in [6.07, 6.45) is 20.5. The summed E-state index contributed by atoms with van der Waals surface area (Å²) in [4.78, 5) is 23.5. The summed E-state index contributed by atoms with van der Waals surface area (Å²) in [5.41, 5.74) is 0. The molecule has 0 saturated carbocycles. The van der Waals surface area contributed by atoms with Crippen LogP contribution in [0.25, 0.3) is 0 Å². The van der Waals surface area contributed by atoms with Gasteiger partial charge < -0.3 is 24.3 Å². The van der Waals surface area contributed by atoms with Crippen molar-refractivity contribution < 1.29 is 28.5 Å². The molecular weight excluding hydrogens is 482 g/mol. The van der Waals surface area contributed by atoms with Crippen molar-refractivity contribution in [3.05, 3.63) is 30.3 Å². The Kier molecular flexibility index (Phi) is 18.2. The van der Waals surface area contributed by atoms with Gasteiger partial charge in [0.05, 0.1) is 12.2 Å². The van der Waals surface area contributed by atoms with E-state index in [1.807, 2.05) is 6.07 Å². The van der Waals surface area contributed by atoms with Crippen molar-refractivity contribution in [1.82, 2.24) is 5.32 Å². The molecule has 0 aliphatic carbocycles. The highest BCUT2D eigenvalue weighted by Crippen LogP contribution is 2.21. The average molecular weight is 534 g/mol. The molecule has 1 aromatic carbocycles. The first-order chi connectivity index (χ1) is 18.7. The zero-order valence-corrected chi connectivity index (χ0v) is 23.6. The van der Waals surface area contributed by atoms with Crippen LogP contribution in [0.15, 0.2) is 30.3 Å². The fourth-order valence-corrected chi connectivity index (χ4v) is 4.63. The van der Waals surface area contributed by atoms with Crippen LogP contribution in [0.4, 0.5) is 9.59 Å². The molecule has 0 bridgehead atoms. The molecule has 1 aliphatic heterocycles. The second kappa shape index (κ2) is 21.6. The fraction of sp³-hybridized carbons (Fsp3) is 0.742. The van der Waals surface area contributed by atoms with Gasteiger partial charge in [0.2, 0.25) is 0 Å². The molecule has 1 aliphatic rings. The summed E-state index contributed by atoms with van der Waals surface area (Å²) in [6, 6.07) is 8.75. The van der Waals surface area contributed by atoms with Gasteiger partial charge in [-0.25, -0.2) is 9.59 Å². The summed E-state index contributed by atoms with van der Waals surface area (Å²) in [5, 5.41) is 2.81. The van der Waals surface area contributed by atoms with E-state index in [-0.39, 0.29) is 25.4 Å². The SMILES string of the molecule is CCCCCCCCCCCCCCCCCCNC(=O)OC[C@H]1C[C@@H](COC(=O)Oc2ccccc2)O1. The molecule has 1 saturated heterocycles. The predicted molar refractivity (Wildman–Crippen MR) is 151 cm³/mol. The number of benzene rings is 1. The number of rotatable bonds is 22. The maximum Gasteiger partial charge on any atom is 0.513 e. The van der Waals surface area contributed by atoms with Gasteiger partial charge >= 0.3 is 12.2 Å². The molecule has 2 atom stereocenters. The standard InChI is InChI=1S/C31H51NO6/c1-2-3-4-5-6-7-8-9-10-11-12-13-14-15-16-20-23-32-30(33)35-25-28-24-29(37-28)26-36-31(34)38-27-21-18-17-19-22-27/h17-19,21-22,28-29H,2-16,20,23-26H2,1H3,(H,32,33)/t28-,29+/m1/s1. The number of carbonyl (C=O) groups excluding carboxylic acids is 2. The van der Waals surface area contributed by atoms with Crippen molar-refractivity contribution in [3.8, 4) is 5.75 Å². The van der Waals surface area contributed by atoms with Crippen LogP contribution in [0.1, 0.15) is 116 Å². The van der Waals surface area contributed by atoms with E-state index in [1.54, 1.807) is 24.3 Å². The van der Waals surface area contributed by atoms with Crippen molar-refractivity contribution in [3.63, 3.8) is 0 Å². The molecule has 1 N–H and O–H groups in total. The van der Waals surface area contributed by atoms with E-state index in [0.717, 1.165) is 12.8 Å². The third-order valence-corrected chi connectivity index (χ3v) is 6.94. The third kappa shape index (κ3) is 16.5. The lowest BCUT2D eigenvalue weighted by Crippen LogP contribution is -2.44. The van der Waals surface area contributed by atoms with Crippen LogP contribution in [-0.2, 0) is 14.2 Å². The largest absolute Gasteiger partial charge is 0.513 e. The van der Waals surface area contributed by atoms with Gasteiger partial charge in [0.25, 0.3) is 0 Å². The Bertz CT molecular complexity index is 722. The zero-order valence-electron chi connectivity index (χ0n) is 23.6. The minimum absolute atomic E-state index is 0.119. The highest BCUT2D eigenvalue weighted by molar-refractivity contribution is 5.67. The zero-order chi connectivity index (χ0) is 27.1. The predicted octanol–water partition coefficient (Wildman–Crippen LogP) is 8.35. The lowest BCUT2D eigenvalue weighted by Gasteiger charge is -2.34. The van der Waals surface area contributed by atoms with Gasteiger partial charge in [-0.2, -0.15) is 0 Å². The van der Waals surface area contributed by atoms with Gasteiger partial charge in [0.1, 0.15) is 19.0 Å². The molecule has 0 radical (unpaired) electrons. The smallest absolute Gasteiger partial charge is 0.447 e. The number of alkyl carbamates (subject to hydrolysis) is 1. The van der Waals surface area contributed by atoms with E-state index >= 15 is 0 Å². The number of hydrogen-bond donors (Lipinski definition) is 1. The molecule has 1 heterocycles. The van der Waals surface area contributed by atoms with Crippen molar-refractivity contribution in [2.45, 2.75) is 128 Å². The highest BCUT2D eigenvalue weighted by atomic mass is 16.7. The first kappa shape index (κ1) is 31.9. The quantitative estimate of drug-likeness (QED) is 0.0916. The van der Waals surface area contributed by atoms with Crippen LogP contribution in [0.2, 0.25) is 0 Å². The molecule has 7 nitrogen and oxygen atoms in total. The number of unbranched alkanes of at least 4 members (excludes halogenated alkanes) is 15. The second-order valence-electron chi connectivity index (χ2n) is 10.4. The van der Waals surface area contributed by atoms with E-state index in [9.17, 15) is 9.59 Å². The molecule has 7 heteroatoms. The summed E-state index contributed by atoms with van der Waals surface area (Å²) >= 11 is 0. The van der Waals surface area contributed by atoms with Gasteiger partial charge in [-0.15, -0.1) is 0 Å². The number of ether oxygens (including phenoxy) is 4. The molecule has 2 rings (SSSR count). The van der Waals surface area contributed by atoms with E-state index in [1.165, 1.54) is 89.9 Å². The Morgan fingerprint density at radius 3 is 1.74 bits per heavy atom. The Balaban J connectivity index is 1.28. The molecule has 0 aromatic heterocycles. The van der Waals surface area contributed by atoms with Crippen LogP contribution >= 0.6 is 0 Å². The van der Waals surface area contributed by atoms with Crippen molar-refractivity contribution in [1.29, 1.82) is 0 Å². The molecular formula is C31H51NO6. The minimum atomic E-state index is -0.757. The Morgan fingerprint density at radius 1 is 0.737 bits per heavy atom. The lowest BCUT2D eigenvalue weighted by molar-refractivity contribution is -0.159. The van der Waals surface area contributed by atoms with Crippen LogP contribution in [0.5, 0.6) is 5.75 Å². The number of para-hydroxylation sites is 1. The Morgan fingerprint density at radius 2 is 1.21 bits per heavy atom. The number of amides is 1. The van der Waals surface area contributed by atoms with Gasteiger partial charge in [0, 0.05) is 13.0 Å². The maximum absolute atomic E-state index is 11.8. The topological polar surface area (TPSA) is 83.1 Å². The van der Waals surface area contributed by atoms with Gasteiger partial charge in [0.15, 0.2) is 0 Å².